The molecule has 0 aliphatic rings. The number of nitrogens with zero attached hydrogens (tertiary/aromatic N) is 4. The maximum atomic E-state index is 5.18. The second kappa shape index (κ2) is 5.48. The number of nitrogens with one attached hydrogen (secondary N) is 1. The standard InChI is InChI=1S/C14H19N5OS/c1-8-11(10(3)20-18-8)6-5-7-15-14-16-13-12(21-14)9(2)17-19(13)4/h5-7H2,1-4H3,(H,15,16). The molecule has 7 heteroatoms. The van der Waals surface area contributed by atoms with Crippen molar-refractivity contribution in [2.45, 2.75) is 33.6 Å². The molecule has 0 aromatic carbocycles. The molecule has 0 fully saturated rings. The van der Waals surface area contributed by atoms with Gasteiger partial charge in [0.25, 0.3) is 0 Å². The van der Waals surface area contributed by atoms with Crippen molar-refractivity contribution >= 4 is 26.8 Å². The van der Waals surface area contributed by atoms with Gasteiger partial charge in [0.15, 0.2) is 10.8 Å². The molecule has 112 valence electrons. The predicted octanol–water partition coefficient (Wildman–Crippen LogP) is 2.99. The Morgan fingerprint density at radius 3 is 2.71 bits per heavy atom. The summed E-state index contributed by atoms with van der Waals surface area (Å²) in [6, 6.07) is 0. The Bertz CT molecular complexity index is 716. The van der Waals surface area contributed by atoms with Gasteiger partial charge in [0.05, 0.1) is 16.1 Å². The molecule has 1 N–H and O–H groups in total. The molecule has 3 rings (SSSR count). The van der Waals surface area contributed by atoms with Crippen LogP contribution < -0.4 is 5.32 Å². The first kappa shape index (κ1) is 14.1. The molecule has 0 radical (unpaired) electrons. The van der Waals surface area contributed by atoms with Crippen LogP contribution >= 0.6 is 11.3 Å². The molecule has 0 saturated carbocycles. The quantitative estimate of drug-likeness (QED) is 0.734. The minimum absolute atomic E-state index is 0.885. The van der Waals surface area contributed by atoms with Gasteiger partial charge in [0.2, 0.25) is 0 Å². The van der Waals surface area contributed by atoms with Crippen molar-refractivity contribution < 1.29 is 4.52 Å². The number of fused-ring (bicyclic) bond motifs is 1. The Morgan fingerprint density at radius 1 is 1.24 bits per heavy atom. The summed E-state index contributed by atoms with van der Waals surface area (Å²) in [5.74, 6) is 0.925. The van der Waals surface area contributed by atoms with Gasteiger partial charge in [-0.2, -0.15) is 5.10 Å². The van der Waals surface area contributed by atoms with E-state index in [2.05, 4.69) is 20.6 Å². The third-order valence-corrected chi connectivity index (χ3v) is 4.72. The Kier molecular flexibility index (Phi) is 3.67. The number of anilines is 1. The van der Waals surface area contributed by atoms with Gasteiger partial charge >= 0.3 is 0 Å². The zero-order chi connectivity index (χ0) is 15.0. The number of hydrogen-bond donors (Lipinski definition) is 1. The normalized spacial score (nSPS) is 11.4. The molecule has 6 nitrogen and oxygen atoms in total. The molecule has 0 unspecified atom stereocenters. The topological polar surface area (TPSA) is 68.8 Å². The molecule has 0 spiro atoms. The van der Waals surface area contributed by atoms with Crippen molar-refractivity contribution in [2.75, 3.05) is 11.9 Å². The summed E-state index contributed by atoms with van der Waals surface area (Å²) in [5.41, 5.74) is 4.20. The van der Waals surface area contributed by atoms with Gasteiger partial charge in [0.1, 0.15) is 5.76 Å². The predicted molar refractivity (Wildman–Crippen MR) is 83.9 cm³/mol. The molecule has 0 saturated heterocycles. The highest BCUT2D eigenvalue weighted by Crippen LogP contribution is 2.28. The van der Waals surface area contributed by atoms with E-state index in [1.54, 1.807) is 11.3 Å². The summed E-state index contributed by atoms with van der Waals surface area (Å²) in [4.78, 5) is 4.58. The molecule has 0 atom stereocenters. The van der Waals surface area contributed by atoms with E-state index >= 15 is 0 Å². The van der Waals surface area contributed by atoms with Crippen molar-refractivity contribution in [1.82, 2.24) is 19.9 Å². The number of hydrogen-bond acceptors (Lipinski definition) is 6. The zero-order valence-electron chi connectivity index (χ0n) is 12.7. The summed E-state index contributed by atoms with van der Waals surface area (Å²) in [5, 5.41) is 12.7. The summed E-state index contributed by atoms with van der Waals surface area (Å²) in [7, 11) is 1.93. The van der Waals surface area contributed by atoms with E-state index in [9.17, 15) is 0 Å². The van der Waals surface area contributed by atoms with Crippen molar-refractivity contribution in [3.63, 3.8) is 0 Å². The van der Waals surface area contributed by atoms with Crippen LogP contribution in [0.1, 0.15) is 29.1 Å². The second-order valence-corrected chi connectivity index (χ2v) is 6.21. The third-order valence-electron chi connectivity index (χ3n) is 3.61. The van der Waals surface area contributed by atoms with Crippen LogP contribution in [0.2, 0.25) is 0 Å². The van der Waals surface area contributed by atoms with Gasteiger partial charge < -0.3 is 9.84 Å². The van der Waals surface area contributed by atoms with Crippen LogP contribution in [0.4, 0.5) is 5.13 Å². The summed E-state index contributed by atoms with van der Waals surface area (Å²) < 4.78 is 8.16. The first-order valence-electron chi connectivity index (χ1n) is 7.02. The van der Waals surface area contributed by atoms with Crippen molar-refractivity contribution in [3.8, 4) is 0 Å². The highest BCUT2D eigenvalue weighted by molar-refractivity contribution is 7.22. The van der Waals surface area contributed by atoms with E-state index in [4.69, 9.17) is 4.52 Å². The Balaban J connectivity index is 1.58. The van der Waals surface area contributed by atoms with Crippen LogP contribution in [0.25, 0.3) is 10.3 Å². The summed E-state index contributed by atoms with van der Waals surface area (Å²) >= 11 is 1.66. The SMILES string of the molecule is Cc1noc(C)c1CCCNc1nc2c(s1)c(C)nn2C. The lowest BCUT2D eigenvalue weighted by Gasteiger charge is -2.02. The molecule has 0 amide bonds. The average Bonchev–Trinajstić information content (AvgIpc) is 3.07. The minimum atomic E-state index is 0.885. The Morgan fingerprint density at radius 2 is 2.05 bits per heavy atom. The molecule has 0 aliphatic heterocycles. The van der Waals surface area contributed by atoms with Gasteiger partial charge in [-0.05, 0) is 33.6 Å². The lowest BCUT2D eigenvalue weighted by molar-refractivity contribution is 0.392. The van der Waals surface area contributed by atoms with Crippen LogP contribution in [0.15, 0.2) is 4.52 Å². The Hall–Kier alpha value is -1.89. The number of thiazole rings is 1. The fourth-order valence-electron chi connectivity index (χ4n) is 2.48. The van der Waals surface area contributed by atoms with Gasteiger partial charge in [-0.15, -0.1) is 0 Å². The van der Waals surface area contributed by atoms with Gasteiger partial charge in [-0.1, -0.05) is 16.5 Å². The molecule has 0 aliphatic carbocycles. The van der Waals surface area contributed by atoms with Gasteiger partial charge in [-0.3, -0.25) is 0 Å². The van der Waals surface area contributed by atoms with E-state index in [1.165, 1.54) is 5.56 Å². The van der Waals surface area contributed by atoms with Gasteiger partial charge in [0, 0.05) is 19.2 Å². The van der Waals surface area contributed by atoms with Crippen molar-refractivity contribution in [2.24, 2.45) is 7.05 Å². The van der Waals surface area contributed by atoms with E-state index < -0.39 is 0 Å². The highest BCUT2D eigenvalue weighted by Gasteiger charge is 2.12. The largest absolute Gasteiger partial charge is 0.361 e. The fraction of sp³-hybridized carbons (Fsp3) is 0.500. The van der Waals surface area contributed by atoms with Crippen LogP contribution in [0.5, 0.6) is 0 Å². The lowest BCUT2D eigenvalue weighted by Crippen LogP contribution is -2.03. The summed E-state index contributed by atoms with van der Waals surface area (Å²) in [6.45, 7) is 6.85. The molecular formula is C14H19N5OS. The molecular weight excluding hydrogens is 286 g/mol. The monoisotopic (exact) mass is 305 g/mol. The molecule has 0 bridgehead atoms. The van der Waals surface area contributed by atoms with E-state index in [-0.39, 0.29) is 0 Å². The zero-order valence-corrected chi connectivity index (χ0v) is 13.5. The number of rotatable bonds is 5. The van der Waals surface area contributed by atoms with Crippen molar-refractivity contribution in [1.29, 1.82) is 0 Å². The highest BCUT2D eigenvalue weighted by atomic mass is 32.1. The smallest absolute Gasteiger partial charge is 0.185 e. The fourth-order valence-corrected chi connectivity index (χ4v) is 3.44. The molecule has 3 aromatic rings. The number of aromatic nitrogens is 4. The summed E-state index contributed by atoms with van der Waals surface area (Å²) in [6.07, 6.45) is 2.00. The Labute approximate surface area is 127 Å². The van der Waals surface area contributed by atoms with E-state index in [0.29, 0.717) is 0 Å². The van der Waals surface area contributed by atoms with Crippen LogP contribution in [0.3, 0.4) is 0 Å². The maximum Gasteiger partial charge on any atom is 0.185 e. The lowest BCUT2D eigenvalue weighted by atomic mass is 10.1. The number of aryl methyl sites for hydroxylation is 4. The minimum Gasteiger partial charge on any atom is -0.361 e. The first-order chi connectivity index (χ1) is 10.1. The van der Waals surface area contributed by atoms with Crippen LogP contribution in [-0.2, 0) is 13.5 Å². The molecule has 3 aromatic heterocycles. The molecule has 3 heterocycles. The van der Waals surface area contributed by atoms with E-state index in [1.807, 2.05) is 32.5 Å². The van der Waals surface area contributed by atoms with Gasteiger partial charge in [-0.25, -0.2) is 9.67 Å². The maximum absolute atomic E-state index is 5.18. The first-order valence-corrected chi connectivity index (χ1v) is 7.83. The van der Waals surface area contributed by atoms with Crippen LogP contribution in [-0.4, -0.2) is 26.5 Å². The average molecular weight is 305 g/mol. The van der Waals surface area contributed by atoms with E-state index in [0.717, 1.165) is 52.0 Å². The van der Waals surface area contributed by atoms with Crippen LogP contribution in [0, 0.1) is 20.8 Å². The third kappa shape index (κ3) is 2.65. The molecule has 21 heavy (non-hydrogen) atoms. The second-order valence-electron chi connectivity index (χ2n) is 5.21. The van der Waals surface area contributed by atoms with Crippen molar-refractivity contribution in [3.05, 3.63) is 22.7 Å².